The zero-order valence-corrected chi connectivity index (χ0v) is 14.8. The summed E-state index contributed by atoms with van der Waals surface area (Å²) in [5, 5.41) is 0. The highest BCUT2D eigenvalue weighted by molar-refractivity contribution is 7.91. The fourth-order valence-corrected chi connectivity index (χ4v) is 4.91. The molecule has 2 aromatic rings. The van der Waals surface area contributed by atoms with Crippen molar-refractivity contribution in [2.45, 2.75) is 10.8 Å². The molecule has 0 aliphatic carbocycles. The van der Waals surface area contributed by atoms with Crippen molar-refractivity contribution < 1.29 is 8.42 Å². The van der Waals surface area contributed by atoms with E-state index >= 15 is 0 Å². The molecule has 2 rings (SSSR count). The van der Waals surface area contributed by atoms with Gasteiger partial charge in [0.25, 0.3) is 10.0 Å². The fraction of sp³-hybridized carbons (Fsp3) is 0.357. The lowest BCUT2D eigenvalue weighted by molar-refractivity contribution is 0.329. The predicted octanol–water partition coefficient (Wildman–Crippen LogP) is 2.55. The van der Waals surface area contributed by atoms with Crippen LogP contribution in [-0.4, -0.2) is 49.8 Å². The lowest BCUT2D eigenvalue weighted by atomic mass is 10.3. The Kier molecular flexibility index (Phi) is 5.94. The number of hydrogen-bond acceptors (Lipinski definition) is 5. The molecule has 5 nitrogen and oxygen atoms in total. The number of hydrogen-bond donors (Lipinski definition) is 0. The quantitative estimate of drug-likeness (QED) is 0.762. The molecular formula is C14H18ClN3O2S2. The number of sulfonamides is 1. The number of rotatable bonds is 7. The third-order valence-electron chi connectivity index (χ3n) is 3.02. The van der Waals surface area contributed by atoms with Gasteiger partial charge in [0.15, 0.2) is 0 Å². The smallest absolute Gasteiger partial charge is 0.252 e. The number of likely N-dealkylation sites (N-methyl/N-ethyl adjacent to an activating group) is 1. The Hall–Kier alpha value is -0.990. The number of pyridine rings is 1. The number of aromatic nitrogens is 1. The maximum absolute atomic E-state index is 12.8. The van der Waals surface area contributed by atoms with Crippen LogP contribution in [0.1, 0.15) is 5.56 Å². The topological polar surface area (TPSA) is 53.5 Å². The minimum Gasteiger partial charge on any atom is -0.308 e. The van der Waals surface area contributed by atoms with E-state index in [9.17, 15) is 8.42 Å². The standard InChI is InChI=1S/C14H18ClN3O2S2/c1-17(2)8-9-18(11-12-4-3-7-16-10-12)22(19,20)14-6-5-13(15)21-14/h3-7,10H,8-9,11H2,1-2H3. The first-order chi connectivity index (χ1) is 10.4. The van der Waals surface area contributed by atoms with Gasteiger partial charge in [-0.1, -0.05) is 17.7 Å². The lowest BCUT2D eigenvalue weighted by Crippen LogP contribution is -2.36. The molecule has 0 aliphatic heterocycles. The molecule has 0 fully saturated rings. The highest BCUT2D eigenvalue weighted by atomic mass is 35.5. The van der Waals surface area contributed by atoms with Crippen molar-refractivity contribution in [1.82, 2.24) is 14.2 Å². The summed E-state index contributed by atoms with van der Waals surface area (Å²) >= 11 is 6.95. The summed E-state index contributed by atoms with van der Waals surface area (Å²) < 4.78 is 27.8. The zero-order chi connectivity index (χ0) is 16.2. The van der Waals surface area contributed by atoms with Gasteiger partial charge in [0.1, 0.15) is 4.21 Å². The zero-order valence-electron chi connectivity index (χ0n) is 12.4. The van der Waals surface area contributed by atoms with Crippen LogP contribution in [0.5, 0.6) is 0 Å². The minimum atomic E-state index is -3.56. The summed E-state index contributed by atoms with van der Waals surface area (Å²) in [7, 11) is 0.266. The fourth-order valence-electron chi connectivity index (χ4n) is 1.85. The third kappa shape index (κ3) is 4.50. The molecule has 8 heteroatoms. The Bertz CT molecular complexity index is 702. The molecule has 0 atom stereocenters. The van der Waals surface area contributed by atoms with Gasteiger partial charge in [0, 0.05) is 32.0 Å². The summed E-state index contributed by atoms with van der Waals surface area (Å²) in [5.74, 6) is 0. The molecule has 0 amide bonds. The van der Waals surface area contributed by atoms with E-state index < -0.39 is 10.0 Å². The molecule has 0 unspecified atom stereocenters. The van der Waals surface area contributed by atoms with Crippen LogP contribution >= 0.6 is 22.9 Å². The van der Waals surface area contributed by atoms with Crippen molar-refractivity contribution in [2.75, 3.05) is 27.2 Å². The average molecular weight is 360 g/mol. The molecule has 2 aromatic heterocycles. The summed E-state index contributed by atoms with van der Waals surface area (Å²) in [6, 6.07) is 6.82. The highest BCUT2D eigenvalue weighted by Crippen LogP contribution is 2.28. The predicted molar refractivity (Wildman–Crippen MR) is 89.7 cm³/mol. The molecule has 0 N–H and O–H groups in total. The second kappa shape index (κ2) is 7.52. The van der Waals surface area contributed by atoms with Gasteiger partial charge >= 0.3 is 0 Å². The number of thiophene rings is 1. The largest absolute Gasteiger partial charge is 0.308 e. The van der Waals surface area contributed by atoms with Crippen molar-refractivity contribution in [3.8, 4) is 0 Å². The Morgan fingerprint density at radius 1 is 1.23 bits per heavy atom. The normalized spacial score (nSPS) is 12.2. The number of nitrogens with zero attached hydrogens (tertiary/aromatic N) is 3. The Morgan fingerprint density at radius 2 is 2.00 bits per heavy atom. The molecule has 0 aromatic carbocycles. The third-order valence-corrected chi connectivity index (χ3v) is 6.56. The molecule has 0 aliphatic rings. The molecule has 0 bridgehead atoms. The molecule has 0 radical (unpaired) electrons. The highest BCUT2D eigenvalue weighted by Gasteiger charge is 2.26. The van der Waals surface area contributed by atoms with Crippen molar-refractivity contribution in [1.29, 1.82) is 0 Å². The van der Waals surface area contributed by atoms with E-state index in [2.05, 4.69) is 4.98 Å². The van der Waals surface area contributed by atoms with Gasteiger partial charge in [-0.2, -0.15) is 4.31 Å². The van der Waals surface area contributed by atoms with Gasteiger partial charge in [-0.15, -0.1) is 11.3 Å². The second-order valence-corrected chi connectivity index (χ2v) is 8.94. The van der Waals surface area contributed by atoms with E-state index in [0.717, 1.165) is 16.9 Å². The Morgan fingerprint density at radius 3 is 2.55 bits per heavy atom. The van der Waals surface area contributed by atoms with E-state index in [1.54, 1.807) is 30.6 Å². The Labute approximate surface area is 140 Å². The van der Waals surface area contributed by atoms with Crippen molar-refractivity contribution >= 4 is 33.0 Å². The van der Waals surface area contributed by atoms with E-state index in [-0.39, 0.29) is 4.21 Å². The maximum atomic E-state index is 12.8. The monoisotopic (exact) mass is 359 g/mol. The summed E-state index contributed by atoms with van der Waals surface area (Å²) in [5.41, 5.74) is 0.854. The van der Waals surface area contributed by atoms with Crippen LogP contribution in [0.15, 0.2) is 40.9 Å². The van der Waals surface area contributed by atoms with Gasteiger partial charge in [0.2, 0.25) is 0 Å². The molecule has 0 saturated heterocycles. The first-order valence-electron chi connectivity index (χ1n) is 6.69. The first-order valence-corrected chi connectivity index (χ1v) is 9.32. The average Bonchev–Trinajstić information content (AvgIpc) is 2.91. The summed E-state index contributed by atoms with van der Waals surface area (Å²) in [4.78, 5) is 5.99. The van der Waals surface area contributed by atoms with E-state index in [1.165, 1.54) is 4.31 Å². The molecule has 0 spiro atoms. The van der Waals surface area contributed by atoms with Crippen LogP contribution in [0.4, 0.5) is 0 Å². The van der Waals surface area contributed by atoms with Crippen LogP contribution in [0.3, 0.4) is 0 Å². The SMILES string of the molecule is CN(C)CCN(Cc1cccnc1)S(=O)(=O)c1ccc(Cl)s1. The van der Waals surface area contributed by atoms with E-state index in [0.29, 0.717) is 24.0 Å². The van der Waals surface area contributed by atoms with Crippen LogP contribution < -0.4 is 0 Å². The van der Waals surface area contributed by atoms with Crippen LogP contribution in [0, 0.1) is 0 Å². The Balaban J connectivity index is 2.26. The first kappa shape index (κ1) is 17.4. The van der Waals surface area contributed by atoms with Gasteiger partial charge in [-0.05, 0) is 37.9 Å². The van der Waals surface area contributed by atoms with Gasteiger partial charge < -0.3 is 4.90 Å². The van der Waals surface area contributed by atoms with Gasteiger partial charge in [0.05, 0.1) is 4.34 Å². The molecule has 22 heavy (non-hydrogen) atoms. The van der Waals surface area contributed by atoms with Crippen LogP contribution in [0.2, 0.25) is 4.34 Å². The molecule has 120 valence electrons. The molecule has 2 heterocycles. The van der Waals surface area contributed by atoms with Gasteiger partial charge in [-0.3, -0.25) is 4.98 Å². The van der Waals surface area contributed by atoms with Crippen molar-refractivity contribution in [2.24, 2.45) is 0 Å². The second-order valence-electron chi connectivity index (χ2n) is 5.06. The van der Waals surface area contributed by atoms with Crippen LogP contribution in [0.25, 0.3) is 0 Å². The number of halogens is 1. The van der Waals surface area contributed by atoms with Crippen molar-refractivity contribution in [3.05, 3.63) is 46.6 Å². The van der Waals surface area contributed by atoms with E-state index in [1.807, 2.05) is 25.1 Å². The summed E-state index contributed by atoms with van der Waals surface area (Å²) in [6.07, 6.45) is 3.35. The lowest BCUT2D eigenvalue weighted by Gasteiger charge is -2.23. The molecule has 0 saturated carbocycles. The van der Waals surface area contributed by atoms with E-state index in [4.69, 9.17) is 11.6 Å². The maximum Gasteiger partial charge on any atom is 0.252 e. The minimum absolute atomic E-state index is 0.264. The summed E-state index contributed by atoms with van der Waals surface area (Å²) in [6.45, 7) is 1.33. The molecular weight excluding hydrogens is 342 g/mol. The van der Waals surface area contributed by atoms with Crippen molar-refractivity contribution in [3.63, 3.8) is 0 Å². The van der Waals surface area contributed by atoms with Gasteiger partial charge in [-0.25, -0.2) is 8.42 Å². The van der Waals surface area contributed by atoms with Crippen LogP contribution in [-0.2, 0) is 16.6 Å².